The Morgan fingerprint density at radius 3 is 2.31 bits per heavy atom. The summed E-state index contributed by atoms with van der Waals surface area (Å²) in [6.07, 6.45) is 14.6. The molecule has 8 atom stereocenters. The molecule has 1 amide bonds. The summed E-state index contributed by atoms with van der Waals surface area (Å²) in [6, 6.07) is 7.56. The number of likely N-dealkylation sites (N-methyl/N-ethyl adjacent to an activating group) is 1. The van der Waals surface area contributed by atoms with E-state index in [1.54, 1.807) is 12.1 Å². The van der Waals surface area contributed by atoms with Crippen molar-refractivity contribution in [2.45, 2.75) is 91.9 Å². The highest BCUT2D eigenvalue weighted by Gasteiger charge is 2.66. The van der Waals surface area contributed by atoms with E-state index in [0.717, 1.165) is 38.3 Å². The Kier molecular flexibility index (Phi) is 7.47. The van der Waals surface area contributed by atoms with Gasteiger partial charge in [0.1, 0.15) is 0 Å². The zero-order chi connectivity index (χ0) is 30.1. The van der Waals surface area contributed by atoms with Gasteiger partial charge in [0.15, 0.2) is 0 Å². The second kappa shape index (κ2) is 10.5. The molecule has 0 spiro atoms. The standard InChI is InChI=1S/C37H54N2O3/c1-34(2)27(24-9-11-25(12-10-24)32(40)41)15-19-36(4)30(34)17-20-35(3)28-16-21-37(33(42)38-22-23-39(5)6)18-7-8-29(37)26(28)13-14-31(35)36/h9-12,15,26,28-31H,7-8,13-14,16-23H2,1-6H3,(H,38,42)(H,40,41)/t26-,28?,29?,30?,31?,35-,36-,37-/m0/s1. The highest BCUT2D eigenvalue weighted by Crippen LogP contribution is 2.73. The largest absolute Gasteiger partial charge is 0.478 e. The first-order valence-corrected chi connectivity index (χ1v) is 16.8. The Morgan fingerprint density at radius 2 is 1.62 bits per heavy atom. The van der Waals surface area contributed by atoms with Gasteiger partial charge in [-0.3, -0.25) is 4.79 Å². The molecule has 0 bridgehead atoms. The van der Waals surface area contributed by atoms with Gasteiger partial charge in [-0.05, 0) is 141 Å². The van der Waals surface area contributed by atoms with Crippen LogP contribution in [0.15, 0.2) is 30.3 Å². The molecule has 0 heterocycles. The van der Waals surface area contributed by atoms with E-state index in [2.05, 4.69) is 58.1 Å². The average Bonchev–Trinajstić information content (AvgIpc) is 3.38. The van der Waals surface area contributed by atoms with Crippen molar-refractivity contribution in [3.8, 4) is 0 Å². The van der Waals surface area contributed by atoms with E-state index in [0.29, 0.717) is 40.6 Å². The van der Waals surface area contributed by atoms with Crippen LogP contribution in [-0.2, 0) is 4.79 Å². The zero-order valence-corrected chi connectivity index (χ0v) is 27.0. The van der Waals surface area contributed by atoms with Gasteiger partial charge < -0.3 is 15.3 Å². The maximum atomic E-state index is 13.8. The van der Waals surface area contributed by atoms with Gasteiger partial charge >= 0.3 is 5.97 Å². The maximum absolute atomic E-state index is 13.8. The second-order valence-corrected chi connectivity index (χ2v) is 16.2. The minimum absolute atomic E-state index is 0.0355. The monoisotopic (exact) mass is 574 g/mol. The predicted octanol–water partition coefficient (Wildman–Crippen LogP) is 7.52. The molecule has 5 nitrogen and oxygen atoms in total. The fraction of sp³-hybridized carbons (Fsp3) is 0.730. The second-order valence-electron chi connectivity index (χ2n) is 16.2. The molecule has 1 aromatic rings. The van der Waals surface area contributed by atoms with Gasteiger partial charge in [0, 0.05) is 13.1 Å². The van der Waals surface area contributed by atoms with Gasteiger partial charge in [0.2, 0.25) is 5.91 Å². The number of amides is 1. The Bertz CT molecular complexity index is 1250. The summed E-state index contributed by atoms with van der Waals surface area (Å²) < 4.78 is 0. The zero-order valence-electron chi connectivity index (χ0n) is 27.0. The number of aromatic carboxylic acids is 1. The minimum Gasteiger partial charge on any atom is -0.478 e. The smallest absolute Gasteiger partial charge is 0.335 e. The van der Waals surface area contributed by atoms with E-state index in [9.17, 15) is 14.7 Å². The molecule has 6 rings (SSSR count). The van der Waals surface area contributed by atoms with Crippen molar-refractivity contribution < 1.29 is 14.7 Å². The van der Waals surface area contributed by atoms with Crippen LogP contribution in [0.5, 0.6) is 0 Å². The molecule has 0 radical (unpaired) electrons. The number of hydrogen-bond donors (Lipinski definition) is 2. The Labute approximate surface area is 253 Å². The SMILES string of the molecule is CN(C)CCNC(=O)[C@]12CCCC1[C@H]1CCC3[C@@](C)(CCC4C(C)(C)C(c5ccc(C(=O)O)cc5)=CC[C@@]43C)C1CC2. The Balaban J connectivity index is 1.25. The number of hydrogen-bond acceptors (Lipinski definition) is 3. The fourth-order valence-corrected chi connectivity index (χ4v) is 12.1. The number of nitrogens with one attached hydrogen (secondary N) is 1. The molecule has 5 aliphatic rings. The summed E-state index contributed by atoms with van der Waals surface area (Å²) in [5.41, 5.74) is 3.44. The molecule has 230 valence electrons. The summed E-state index contributed by atoms with van der Waals surface area (Å²) in [5, 5.41) is 12.8. The molecule has 42 heavy (non-hydrogen) atoms. The summed E-state index contributed by atoms with van der Waals surface area (Å²) in [5.74, 6) is 2.79. The number of benzene rings is 1. The summed E-state index contributed by atoms with van der Waals surface area (Å²) in [7, 11) is 4.15. The minimum atomic E-state index is -0.865. The van der Waals surface area contributed by atoms with Crippen LogP contribution >= 0.6 is 0 Å². The van der Waals surface area contributed by atoms with Crippen molar-refractivity contribution in [2.24, 2.45) is 51.2 Å². The Hall–Kier alpha value is -2.14. The van der Waals surface area contributed by atoms with Gasteiger partial charge in [0.25, 0.3) is 0 Å². The van der Waals surface area contributed by atoms with E-state index < -0.39 is 5.97 Å². The molecule has 4 saturated carbocycles. The number of carboxylic acid groups (broad SMARTS) is 1. The van der Waals surface area contributed by atoms with Crippen molar-refractivity contribution in [3.05, 3.63) is 41.5 Å². The number of fused-ring (bicyclic) bond motifs is 7. The molecule has 5 aliphatic carbocycles. The van der Waals surface area contributed by atoms with Crippen LogP contribution in [0, 0.1) is 51.2 Å². The first-order valence-electron chi connectivity index (χ1n) is 16.8. The normalized spacial score (nSPS) is 40.3. The number of carbonyl (C=O) groups is 2. The number of nitrogens with zero attached hydrogens (tertiary/aromatic N) is 1. The van der Waals surface area contributed by atoms with Crippen LogP contribution in [0.1, 0.15) is 108 Å². The van der Waals surface area contributed by atoms with Gasteiger partial charge in [-0.25, -0.2) is 4.79 Å². The molecular weight excluding hydrogens is 520 g/mol. The molecule has 5 heteroatoms. The lowest BCUT2D eigenvalue weighted by molar-refractivity contribution is -0.181. The summed E-state index contributed by atoms with van der Waals surface area (Å²) in [4.78, 5) is 27.4. The maximum Gasteiger partial charge on any atom is 0.335 e. The van der Waals surface area contributed by atoms with Gasteiger partial charge in [-0.15, -0.1) is 0 Å². The van der Waals surface area contributed by atoms with Crippen molar-refractivity contribution in [1.29, 1.82) is 0 Å². The van der Waals surface area contributed by atoms with Crippen LogP contribution < -0.4 is 5.32 Å². The van der Waals surface area contributed by atoms with Crippen LogP contribution in [0.25, 0.3) is 5.57 Å². The lowest BCUT2D eigenvalue weighted by Gasteiger charge is -2.68. The van der Waals surface area contributed by atoms with Crippen molar-refractivity contribution >= 4 is 17.4 Å². The van der Waals surface area contributed by atoms with E-state index in [4.69, 9.17) is 0 Å². The third-order valence-corrected chi connectivity index (χ3v) is 13.8. The molecule has 4 unspecified atom stereocenters. The lowest BCUT2D eigenvalue weighted by Crippen LogP contribution is -2.62. The molecule has 4 fully saturated rings. The molecular formula is C37H54N2O3. The molecule has 1 aromatic carbocycles. The van der Waals surface area contributed by atoms with Crippen LogP contribution in [0.2, 0.25) is 0 Å². The molecule has 0 saturated heterocycles. The molecule has 2 N–H and O–H groups in total. The van der Waals surface area contributed by atoms with Crippen molar-refractivity contribution in [2.75, 3.05) is 27.2 Å². The van der Waals surface area contributed by atoms with Crippen LogP contribution in [0.4, 0.5) is 0 Å². The number of allylic oxidation sites excluding steroid dienone is 2. The lowest BCUT2D eigenvalue weighted by atomic mass is 9.36. The van der Waals surface area contributed by atoms with Crippen molar-refractivity contribution in [3.63, 3.8) is 0 Å². The van der Waals surface area contributed by atoms with E-state index in [1.165, 1.54) is 56.1 Å². The van der Waals surface area contributed by atoms with Crippen LogP contribution in [0.3, 0.4) is 0 Å². The third-order valence-electron chi connectivity index (χ3n) is 13.8. The highest BCUT2D eigenvalue weighted by molar-refractivity contribution is 5.88. The number of carbonyl (C=O) groups excluding carboxylic acids is 1. The van der Waals surface area contributed by atoms with Crippen molar-refractivity contribution in [1.82, 2.24) is 10.2 Å². The van der Waals surface area contributed by atoms with Gasteiger partial charge in [-0.1, -0.05) is 52.3 Å². The summed E-state index contributed by atoms with van der Waals surface area (Å²) >= 11 is 0. The Morgan fingerprint density at radius 1 is 0.881 bits per heavy atom. The van der Waals surface area contributed by atoms with E-state index >= 15 is 0 Å². The van der Waals surface area contributed by atoms with Gasteiger partial charge in [-0.2, -0.15) is 0 Å². The fourth-order valence-electron chi connectivity index (χ4n) is 12.1. The number of carboxylic acids is 1. The van der Waals surface area contributed by atoms with Crippen LogP contribution in [-0.4, -0.2) is 49.1 Å². The first kappa shape index (κ1) is 29.9. The topological polar surface area (TPSA) is 69.6 Å². The quantitative estimate of drug-likeness (QED) is 0.369. The third kappa shape index (κ3) is 4.42. The molecule has 0 aliphatic heterocycles. The predicted molar refractivity (Wildman–Crippen MR) is 169 cm³/mol. The van der Waals surface area contributed by atoms with Gasteiger partial charge in [0.05, 0.1) is 11.0 Å². The average molecular weight is 575 g/mol. The first-order chi connectivity index (χ1) is 19.8. The molecule has 0 aromatic heterocycles. The van der Waals surface area contributed by atoms with E-state index in [1.807, 2.05) is 12.1 Å². The van der Waals surface area contributed by atoms with E-state index in [-0.39, 0.29) is 16.2 Å². The highest BCUT2D eigenvalue weighted by atomic mass is 16.4. The summed E-state index contributed by atoms with van der Waals surface area (Å²) in [6.45, 7) is 11.8. The number of rotatable bonds is 6.